The summed E-state index contributed by atoms with van der Waals surface area (Å²) >= 11 is 0. The van der Waals surface area contributed by atoms with E-state index >= 15 is 0 Å². The summed E-state index contributed by atoms with van der Waals surface area (Å²) in [5, 5.41) is 12.6. The largest absolute Gasteiger partial charge is 0.471 e. The van der Waals surface area contributed by atoms with Crippen LogP contribution in [0.3, 0.4) is 0 Å². The molecular weight excluding hydrogens is 289 g/mol. The van der Waals surface area contributed by atoms with Gasteiger partial charge in [-0.1, -0.05) is 12.8 Å². The fourth-order valence-electron chi connectivity index (χ4n) is 3.02. The number of carbonyl (C=O) groups excluding carboxylic acids is 2. The Labute approximate surface area is 120 Å². The van der Waals surface area contributed by atoms with Gasteiger partial charge in [0.05, 0.1) is 5.60 Å². The highest BCUT2D eigenvalue weighted by atomic mass is 19.4. The third kappa shape index (κ3) is 3.66. The molecule has 0 aromatic carbocycles. The molecule has 0 aromatic heterocycles. The van der Waals surface area contributed by atoms with Crippen LogP contribution >= 0.6 is 0 Å². The summed E-state index contributed by atoms with van der Waals surface area (Å²) in [5.74, 6) is -2.59. The van der Waals surface area contributed by atoms with Crippen LogP contribution in [0.4, 0.5) is 13.2 Å². The third-order valence-electron chi connectivity index (χ3n) is 4.18. The van der Waals surface area contributed by atoms with Crippen molar-refractivity contribution in [1.82, 2.24) is 10.2 Å². The van der Waals surface area contributed by atoms with Crippen molar-refractivity contribution in [2.45, 2.75) is 56.3 Å². The Morgan fingerprint density at radius 1 is 1.24 bits per heavy atom. The van der Waals surface area contributed by atoms with Gasteiger partial charge in [0.25, 0.3) is 0 Å². The molecule has 2 N–H and O–H groups in total. The Balaban J connectivity index is 1.93. The molecule has 0 spiro atoms. The molecule has 1 heterocycles. The first-order valence-electron chi connectivity index (χ1n) is 7.11. The Kier molecular flexibility index (Phi) is 4.46. The molecule has 2 amide bonds. The maximum Gasteiger partial charge on any atom is 0.471 e. The number of amides is 2. The summed E-state index contributed by atoms with van der Waals surface area (Å²) in [4.78, 5) is 23.9. The molecule has 120 valence electrons. The van der Waals surface area contributed by atoms with Crippen LogP contribution in [0.1, 0.15) is 38.5 Å². The zero-order valence-electron chi connectivity index (χ0n) is 11.6. The minimum atomic E-state index is -4.97. The molecule has 1 aliphatic heterocycles. The number of likely N-dealkylation sites (tertiary alicyclic amines) is 1. The number of hydrogen-bond donors (Lipinski definition) is 2. The van der Waals surface area contributed by atoms with Crippen LogP contribution in [0.5, 0.6) is 0 Å². The lowest BCUT2D eigenvalue weighted by atomic mass is 10.0. The lowest BCUT2D eigenvalue weighted by molar-refractivity contribution is -0.186. The number of halogens is 3. The van der Waals surface area contributed by atoms with E-state index in [9.17, 15) is 27.9 Å². The molecule has 5 nitrogen and oxygen atoms in total. The van der Waals surface area contributed by atoms with Gasteiger partial charge in [0.15, 0.2) is 0 Å². The topological polar surface area (TPSA) is 69.6 Å². The molecule has 1 unspecified atom stereocenters. The van der Waals surface area contributed by atoms with E-state index in [-0.39, 0.29) is 19.5 Å². The number of carbonyl (C=O) groups is 2. The van der Waals surface area contributed by atoms with Crippen LogP contribution in [0.15, 0.2) is 0 Å². The molecule has 1 saturated heterocycles. The number of aliphatic hydroxyl groups is 1. The smallest absolute Gasteiger partial charge is 0.388 e. The van der Waals surface area contributed by atoms with E-state index in [4.69, 9.17) is 0 Å². The van der Waals surface area contributed by atoms with Gasteiger partial charge in [-0.05, 0) is 25.7 Å². The van der Waals surface area contributed by atoms with Crippen LogP contribution in [0, 0.1) is 0 Å². The van der Waals surface area contributed by atoms with Crippen LogP contribution in [-0.2, 0) is 9.59 Å². The number of rotatable bonds is 3. The van der Waals surface area contributed by atoms with Crippen molar-refractivity contribution in [2.75, 3.05) is 13.1 Å². The second kappa shape index (κ2) is 5.82. The van der Waals surface area contributed by atoms with E-state index in [0.717, 1.165) is 12.8 Å². The predicted molar refractivity (Wildman–Crippen MR) is 67.2 cm³/mol. The van der Waals surface area contributed by atoms with Gasteiger partial charge in [0, 0.05) is 13.1 Å². The monoisotopic (exact) mass is 308 g/mol. The van der Waals surface area contributed by atoms with Gasteiger partial charge >= 0.3 is 12.1 Å². The third-order valence-corrected chi connectivity index (χ3v) is 4.18. The summed E-state index contributed by atoms with van der Waals surface area (Å²) in [6.07, 6.45) is -1.50. The Hall–Kier alpha value is -1.31. The number of nitrogens with one attached hydrogen (secondary N) is 1. The molecule has 2 aliphatic rings. The van der Waals surface area contributed by atoms with Crippen molar-refractivity contribution >= 4 is 11.8 Å². The molecule has 0 bridgehead atoms. The fourth-order valence-corrected chi connectivity index (χ4v) is 3.02. The summed E-state index contributed by atoms with van der Waals surface area (Å²) in [6, 6.07) is -1.09. The van der Waals surface area contributed by atoms with Crippen LogP contribution < -0.4 is 5.32 Å². The van der Waals surface area contributed by atoms with Crippen LogP contribution in [-0.4, -0.2) is 52.7 Å². The summed E-state index contributed by atoms with van der Waals surface area (Å²) < 4.78 is 37.4. The van der Waals surface area contributed by atoms with Gasteiger partial charge in [-0.25, -0.2) is 0 Å². The summed E-state index contributed by atoms with van der Waals surface area (Å²) in [6.45, 7) is -0.0446. The molecule has 0 radical (unpaired) electrons. The van der Waals surface area contributed by atoms with E-state index in [0.29, 0.717) is 24.2 Å². The number of nitrogens with zero attached hydrogens (tertiary/aromatic N) is 1. The van der Waals surface area contributed by atoms with Crippen LogP contribution in [0.2, 0.25) is 0 Å². The van der Waals surface area contributed by atoms with Crippen LogP contribution in [0.25, 0.3) is 0 Å². The highest BCUT2D eigenvalue weighted by Gasteiger charge is 2.47. The molecule has 2 fully saturated rings. The van der Waals surface area contributed by atoms with Gasteiger partial charge in [-0.2, -0.15) is 13.2 Å². The first-order valence-corrected chi connectivity index (χ1v) is 7.11. The summed E-state index contributed by atoms with van der Waals surface area (Å²) in [7, 11) is 0. The number of alkyl halides is 3. The standard InChI is InChI=1S/C13H19F3N2O3/c14-13(15,16)11(20)18-7-3-4-9(18)10(19)17-8-12(21)5-1-2-6-12/h9,21H,1-8H2,(H,17,19). The number of hydrogen-bond acceptors (Lipinski definition) is 3. The van der Waals surface area contributed by atoms with Gasteiger partial charge < -0.3 is 15.3 Å². The van der Waals surface area contributed by atoms with Gasteiger partial charge in [-0.15, -0.1) is 0 Å². The predicted octanol–water partition coefficient (Wildman–Crippen LogP) is 0.961. The zero-order valence-corrected chi connectivity index (χ0v) is 11.6. The average Bonchev–Trinajstić information content (AvgIpc) is 3.03. The van der Waals surface area contributed by atoms with Crippen molar-refractivity contribution < 1.29 is 27.9 Å². The highest BCUT2D eigenvalue weighted by Crippen LogP contribution is 2.29. The summed E-state index contributed by atoms with van der Waals surface area (Å²) in [5.41, 5.74) is -0.965. The minimum Gasteiger partial charge on any atom is -0.388 e. The molecule has 1 atom stereocenters. The van der Waals surface area contributed by atoms with Gasteiger partial charge in [0.1, 0.15) is 6.04 Å². The molecule has 2 rings (SSSR count). The highest BCUT2D eigenvalue weighted by molar-refractivity contribution is 5.90. The molecule has 1 aliphatic carbocycles. The Morgan fingerprint density at radius 2 is 1.86 bits per heavy atom. The van der Waals surface area contributed by atoms with Crippen molar-refractivity contribution in [3.05, 3.63) is 0 Å². The van der Waals surface area contributed by atoms with E-state index in [1.165, 1.54) is 0 Å². The fraction of sp³-hybridized carbons (Fsp3) is 0.846. The maximum atomic E-state index is 12.5. The second-order valence-electron chi connectivity index (χ2n) is 5.80. The Morgan fingerprint density at radius 3 is 2.43 bits per heavy atom. The van der Waals surface area contributed by atoms with Crippen molar-refractivity contribution in [3.63, 3.8) is 0 Å². The van der Waals surface area contributed by atoms with Gasteiger partial charge in [0.2, 0.25) is 5.91 Å². The SMILES string of the molecule is O=C(NCC1(O)CCCC1)C1CCCN1C(=O)C(F)(F)F. The quantitative estimate of drug-likeness (QED) is 0.816. The molecule has 0 aromatic rings. The maximum absolute atomic E-state index is 12.5. The average molecular weight is 308 g/mol. The van der Waals surface area contributed by atoms with E-state index in [1.807, 2.05) is 0 Å². The van der Waals surface area contributed by atoms with Gasteiger partial charge in [-0.3, -0.25) is 9.59 Å². The van der Waals surface area contributed by atoms with Crippen molar-refractivity contribution in [1.29, 1.82) is 0 Å². The van der Waals surface area contributed by atoms with Crippen molar-refractivity contribution in [2.24, 2.45) is 0 Å². The van der Waals surface area contributed by atoms with E-state index in [1.54, 1.807) is 0 Å². The first-order chi connectivity index (χ1) is 9.73. The van der Waals surface area contributed by atoms with E-state index < -0.39 is 29.6 Å². The molecule has 21 heavy (non-hydrogen) atoms. The first kappa shape index (κ1) is 16.1. The second-order valence-corrected chi connectivity index (χ2v) is 5.80. The molecular formula is C13H19F3N2O3. The Bertz CT molecular complexity index is 419. The minimum absolute atomic E-state index is 0.0242. The lowest BCUT2D eigenvalue weighted by Gasteiger charge is -2.27. The lowest BCUT2D eigenvalue weighted by Crippen LogP contribution is -2.52. The van der Waals surface area contributed by atoms with E-state index in [2.05, 4.69) is 5.32 Å². The molecule has 8 heteroatoms. The zero-order chi connectivity index (χ0) is 15.7. The normalized spacial score (nSPS) is 25.1. The molecule has 1 saturated carbocycles. The van der Waals surface area contributed by atoms with Crippen molar-refractivity contribution in [3.8, 4) is 0 Å².